The number of imidazole rings is 1. The molecule has 2 aromatic heterocycles. The number of rotatable bonds is 7. The molecule has 1 N–H and O–H groups in total. The van der Waals surface area contributed by atoms with Crippen LogP contribution in [0.4, 0.5) is 0 Å². The fraction of sp³-hybridized carbons (Fsp3) is 0.0455. The third-order valence-corrected chi connectivity index (χ3v) is 8.99. The van der Waals surface area contributed by atoms with Crippen molar-refractivity contribution < 1.29 is 26.2 Å². The summed E-state index contributed by atoms with van der Waals surface area (Å²) in [6, 6.07) is 57.1. The van der Waals surface area contributed by atoms with Gasteiger partial charge in [0, 0.05) is 44.6 Å². The van der Waals surface area contributed by atoms with E-state index in [9.17, 15) is 5.11 Å². The first-order valence-electron chi connectivity index (χ1n) is 16.1. The molecule has 0 bridgehead atoms. The van der Waals surface area contributed by atoms with E-state index < -0.39 is 0 Å². The molecule has 0 aliphatic carbocycles. The number of phenols is 1. The largest absolute Gasteiger partial charge is 0.507 e. The molecule has 0 saturated carbocycles. The second-order valence-corrected chi connectivity index (χ2v) is 12.0. The van der Waals surface area contributed by atoms with Gasteiger partial charge in [0.05, 0.1) is 16.6 Å². The first kappa shape index (κ1) is 32.0. The number of para-hydroxylation sites is 3. The van der Waals surface area contributed by atoms with E-state index in [-0.39, 0.29) is 32.7 Å². The zero-order valence-electron chi connectivity index (χ0n) is 26.8. The van der Waals surface area contributed by atoms with Gasteiger partial charge in [0.2, 0.25) is 0 Å². The fourth-order valence-corrected chi connectivity index (χ4v) is 6.45. The van der Waals surface area contributed by atoms with Crippen molar-refractivity contribution in [1.82, 2.24) is 14.5 Å². The van der Waals surface area contributed by atoms with Crippen LogP contribution in [0.25, 0.3) is 61.6 Å². The van der Waals surface area contributed by atoms with Crippen LogP contribution in [-0.2, 0) is 21.1 Å². The number of fused-ring (bicyclic) bond motifs is 1. The Hall–Kier alpha value is -5.57. The van der Waals surface area contributed by atoms with E-state index in [1.165, 1.54) is 11.1 Å². The van der Waals surface area contributed by atoms with E-state index in [0.29, 0.717) is 11.4 Å². The summed E-state index contributed by atoms with van der Waals surface area (Å²) >= 11 is 0. The third-order valence-electron chi connectivity index (χ3n) is 8.99. The van der Waals surface area contributed by atoms with Gasteiger partial charge >= 0.3 is 0 Å². The van der Waals surface area contributed by atoms with Crippen LogP contribution in [0.2, 0.25) is 0 Å². The molecule has 6 aromatic carbocycles. The Balaban J connectivity index is 0.00000378. The van der Waals surface area contributed by atoms with Crippen molar-refractivity contribution in [3.63, 3.8) is 0 Å². The molecule has 1 unspecified atom stereocenters. The molecule has 0 aliphatic rings. The molecule has 0 amide bonds. The monoisotopic (exact) mass is 813 g/mol. The predicted octanol–water partition coefficient (Wildman–Crippen LogP) is 10.7. The molecule has 49 heavy (non-hydrogen) atoms. The summed E-state index contributed by atoms with van der Waals surface area (Å²) in [4.78, 5) is 9.93. The maximum Gasteiger partial charge on any atom is 0.148 e. The van der Waals surface area contributed by atoms with Gasteiger partial charge in [0.1, 0.15) is 11.6 Å². The summed E-state index contributed by atoms with van der Waals surface area (Å²) in [7, 11) is 0. The minimum absolute atomic E-state index is 0. The molecule has 4 nitrogen and oxygen atoms in total. The molecule has 0 saturated heterocycles. The average Bonchev–Trinajstić information content (AvgIpc) is 3.55. The third kappa shape index (κ3) is 6.24. The number of benzene rings is 6. The van der Waals surface area contributed by atoms with Crippen LogP contribution in [0.3, 0.4) is 0 Å². The van der Waals surface area contributed by atoms with E-state index in [1.54, 1.807) is 6.07 Å². The SMILES string of the molecule is CC(c1ccccc1)c1cccc(-c2ccnc(-c3[c-]c(-c4cccc5c4nc(-c4ccccc4O)n5-c4ccccc4)ccc3)c2)c1.[Pt]. The van der Waals surface area contributed by atoms with E-state index >= 15 is 0 Å². The summed E-state index contributed by atoms with van der Waals surface area (Å²) in [5, 5.41) is 10.8. The van der Waals surface area contributed by atoms with Gasteiger partial charge in [-0.25, -0.2) is 4.98 Å². The zero-order valence-corrected chi connectivity index (χ0v) is 29.0. The smallest absolute Gasteiger partial charge is 0.148 e. The van der Waals surface area contributed by atoms with Crippen molar-refractivity contribution >= 4 is 11.0 Å². The molecule has 5 heteroatoms. The number of aromatic nitrogens is 3. The van der Waals surface area contributed by atoms with Gasteiger partial charge in [-0.1, -0.05) is 121 Å². The Kier molecular flexibility index (Phi) is 9.07. The average molecular weight is 814 g/mol. The minimum Gasteiger partial charge on any atom is -0.507 e. The molecular formula is C44H32N3OPt-. The molecular weight excluding hydrogens is 782 g/mol. The van der Waals surface area contributed by atoms with Crippen molar-refractivity contribution in [2.75, 3.05) is 0 Å². The molecule has 240 valence electrons. The maximum absolute atomic E-state index is 10.8. The van der Waals surface area contributed by atoms with E-state index in [4.69, 9.17) is 9.97 Å². The second-order valence-electron chi connectivity index (χ2n) is 12.0. The fourth-order valence-electron chi connectivity index (χ4n) is 6.45. The van der Waals surface area contributed by atoms with Crippen LogP contribution >= 0.6 is 0 Å². The number of aromatic hydroxyl groups is 1. The minimum atomic E-state index is 0. The summed E-state index contributed by atoms with van der Waals surface area (Å²) in [6.45, 7) is 2.25. The first-order chi connectivity index (χ1) is 23.6. The molecule has 8 aromatic rings. The van der Waals surface area contributed by atoms with Gasteiger partial charge in [-0.05, 0) is 58.7 Å². The van der Waals surface area contributed by atoms with Gasteiger partial charge in [-0.15, -0.1) is 29.8 Å². The predicted molar refractivity (Wildman–Crippen MR) is 195 cm³/mol. The molecule has 0 spiro atoms. The van der Waals surface area contributed by atoms with Gasteiger partial charge in [-0.3, -0.25) is 9.55 Å². The topological polar surface area (TPSA) is 50.9 Å². The second kappa shape index (κ2) is 13.9. The molecule has 2 heterocycles. The van der Waals surface area contributed by atoms with Gasteiger partial charge in [0.15, 0.2) is 0 Å². The number of phenolic OH excluding ortho intramolecular Hbond substituents is 1. The quantitative estimate of drug-likeness (QED) is 0.163. The van der Waals surface area contributed by atoms with Gasteiger partial charge in [-0.2, -0.15) is 0 Å². The van der Waals surface area contributed by atoms with Crippen LogP contribution in [0.1, 0.15) is 24.0 Å². The number of hydrogen-bond acceptors (Lipinski definition) is 3. The van der Waals surface area contributed by atoms with Gasteiger partial charge < -0.3 is 5.11 Å². The number of pyridine rings is 1. The summed E-state index contributed by atoms with van der Waals surface area (Å²) < 4.78 is 2.11. The van der Waals surface area contributed by atoms with Crippen LogP contribution in [-0.4, -0.2) is 19.6 Å². The van der Waals surface area contributed by atoms with E-state index in [1.807, 2.05) is 42.6 Å². The van der Waals surface area contributed by atoms with E-state index in [0.717, 1.165) is 50.2 Å². The van der Waals surface area contributed by atoms with Crippen molar-refractivity contribution in [2.24, 2.45) is 0 Å². The Bertz CT molecular complexity index is 2380. The van der Waals surface area contributed by atoms with Crippen molar-refractivity contribution in [1.29, 1.82) is 0 Å². The zero-order chi connectivity index (χ0) is 32.5. The summed E-state index contributed by atoms with van der Waals surface area (Å²) in [6.07, 6.45) is 1.87. The van der Waals surface area contributed by atoms with Crippen molar-refractivity contribution in [2.45, 2.75) is 12.8 Å². The molecule has 0 aliphatic heterocycles. The molecule has 8 rings (SSSR count). The van der Waals surface area contributed by atoms with Crippen LogP contribution < -0.4 is 0 Å². The van der Waals surface area contributed by atoms with Crippen LogP contribution in [0, 0.1) is 6.07 Å². The van der Waals surface area contributed by atoms with Crippen molar-refractivity contribution in [3.8, 4) is 56.3 Å². The molecule has 1 atom stereocenters. The summed E-state index contributed by atoms with van der Waals surface area (Å²) in [5.41, 5.74) is 11.9. The summed E-state index contributed by atoms with van der Waals surface area (Å²) in [5.74, 6) is 1.15. The van der Waals surface area contributed by atoms with Crippen molar-refractivity contribution in [3.05, 3.63) is 181 Å². The van der Waals surface area contributed by atoms with Crippen LogP contribution in [0.15, 0.2) is 164 Å². The van der Waals surface area contributed by atoms with E-state index in [2.05, 4.69) is 133 Å². The Morgan fingerprint density at radius 2 is 1.27 bits per heavy atom. The standard InChI is InChI=1S/C44H32N3O.Pt/c1-30(31-13-4-2-5-14-31)32-15-10-16-33(27-32)34-25-26-45-40(29-34)36-18-11-17-35(28-36)38-22-12-23-41-43(38)46-44(39-21-8-9-24-42(39)48)47(41)37-19-6-3-7-20-37;/h2-27,29-30,48H,1H3;/q-1;. The molecule has 0 radical (unpaired) electrons. The first-order valence-corrected chi connectivity index (χ1v) is 16.1. The number of nitrogens with zero attached hydrogens (tertiary/aromatic N) is 3. The Labute approximate surface area is 300 Å². The Morgan fingerprint density at radius 1 is 0.612 bits per heavy atom. The Morgan fingerprint density at radius 3 is 2.08 bits per heavy atom. The maximum atomic E-state index is 10.8. The number of hydrogen-bond donors (Lipinski definition) is 1. The van der Waals surface area contributed by atoms with Gasteiger partial charge in [0.25, 0.3) is 0 Å². The van der Waals surface area contributed by atoms with Crippen LogP contribution in [0.5, 0.6) is 5.75 Å². The normalized spacial score (nSPS) is 11.6. The molecule has 0 fully saturated rings.